The van der Waals surface area contributed by atoms with E-state index in [1.54, 1.807) is 6.07 Å². The fourth-order valence-corrected chi connectivity index (χ4v) is 4.65. The number of nitrogens with zero attached hydrogens (tertiary/aromatic N) is 1. The molecule has 3 heterocycles. The van der Waals surface area contributed by atoms with Gasteiger partial charge >= 0.3 is 0 Å². The lowest BCUT2D eigenvalue weighted by molar-refractivity contribution is 0.0341. The van der Waals surface area contributed by atoms with Crippen LogP contribution in [0.2, 0.25) is 10.0 Å². The molecular weight excluding hydrogens is 415 g/mol. The Bertz CT molecular complexity index is 1070. The van der Waals surface area contributed by atoms with Crippen LogP contribution in [0.15, 0.2) is 47.9 Å². The molecule has 3 aliphatic rings. The van der Waals surface area contributed by atoms with Crippen molar-refractivity contribution in [3.05, 3.63) is 69.0 Å². The monoisotopic (exact) mass is 430 g/mol. The Balaban J connectivity index is 1.63. The fourth-order valence-electron chi connectivity index (χ4n) is 4.22. The molecule has 3 aliphatic heterocycles. The Hall–Kier alpha value is -2.63. The van der Waals surface area contributed by atoms with Crippen LogP contribution in [0.25, 0.3) is 0 Å². The van der Waals surface area contributed by atoms with E-state index in [0.717, 1.165) is 11.1 Å². The highest BCUT2D eigenvalue weighted by Gasteiger charge is 2.50. The molecular formula is C20H16Cl2N4O3. The van der Waals surface area contributed by atoms with Crippen LogP contribution in [-0.4, -0.2) is 13.0 Å². The number of halogens is 2. The van der Waals surface area contributed by atoms with Crippen molar-refractivity contribution < 1.29 is 14.2 Å². The summed E-state index contributed by atoms with van der Waals surface area (Å²) in [5, 5.41) is 10.7. The number of nitrogens with one attached hydrogen (secondary N) is 2. The molecule has 4 N–H and O–H groups in total. The normalized spacial score (nSPS) is 27.3. The number of nitriles is 1. The van der Waals surface area contributed by atoms with Gasteiger partial charge in [-0.05, 0) is 29.3 Å². The maximum atomic E-state index is 9.84. The molecule has 0 spiro atoms. The van der Waals surface area contributed by atoms with E-state index in [2.05, 4.69) is 16.9 Å². The van der Waals surface area contributed by atoms with Crippen molar-refractivity contribution in [2.45, 2.75) is 18.2 Å². The van der Waals surface area contributed by atoms with E-state index >= 15 is 0 Å². The number of hydrogen-bond donors (Lipinski definition) is 3. The van der Waals surface area contributed by atoms with Crippen molar-refractivity contribution in [3.8, 4) is 17.6 Å². The molecule has 0 radical (unpaired) electrons. The van der Waals surface area contributed by atoms with E-state index in [9.17, 15) is 5.26 Å². The second kappa shape index (κ2) is 7.01. The number of rotatable bonds is 2. The third-order valence-corrected chi connectivity index (χ3v) is 6.36. The van der Waals surface area contributed by atoms with Crippen LogP contribution < -0.4 is 26.1 Å². The molecule has 1 fully saturated rings. The minimum Gasteiger partial charge on any atom is -0.458 e. The van der Waals surface area contributed by atoms with Gasteiger partial charge in [-0.2, -0.15) is 5.26 Å². The van der Waals surface area contributed by atoms with Gasteiger partial charge in [0.15, 0.2) is 17.7 Å². The maximum absolute atomic E-state index is 9.84. The number of benzene rings is 2. The third-order valence-electron chi connectivity index (χ3n) is 5.52. The first-order valence-electron chi connectivity index (χ1n) is 8.99. The molecule has 0 aliphatic carbocycles. The zero-order valence-electron chi connectivity index (χ0n) is 15.0. The Kier molecular flexibility index (Phi) is 4.45. The minimum atomic E-state index is -0.456. The van der Waals surface area contributed by atoms with Gasteiger partial charge in [-0.25, -0.2) is 10.9 Å². The summed E-state index contributed by atoms with van der Waals surface area (Å²) in [6.07, 6.45) is -0.456. The molecule has 2 aromatic carbocycles. The Morgan fingerprint density at radius 2 is 1.93 bits per heavy atom. The average Bonchev–Trinajstić information content (AvgIpc) is 3.35. The molecule has 4 atom stereocenters. The number of nitrogens with two attached hydrogens (primary N) is 1. The van der Waals surface area contributed by atoms with E-state index in [1.807, 2.05) is 30.3 Å². The molecule has 0 bridgehead atoms. The molecule has 0 amide bonds. The van der Waals surface area contributed by atoms with Gasteiger partial charge in [-0.15, -0.1) is 0 Å². The van der Waals surface area contributed by atoms with Gasteiger partial charge < -0.3 is 19.9 Å². The van der Waals surface area contributed by atoms with E-state index < -0.39 is 12.1 Å². The van der Waals surface area contributed by atoms with Gasteiger partial charge in [-0.1, -0.05) is 41.4 Å². The maximum Gasteiger partial charge on any atom is 0.231 e. The number of ether oxygens (including phenoxy) is 3. The third kappa shape index (κ3) is 2.88. The largest absolute Gasteiger partial charge is 0.458 e. The lowest BCUT2D eigenvalue weighted by Crippen LogP contribution is -2.41. The predicted molar refractivity (Wildman–Crippen MR) is 106 cm³/mol. The Morgan fingerprint density at radius 1 is 1.10 bits per heavy atom. The van der Waals surface area contributed by atoms with Crippen molar-refractivity contribution in [1.82, 2.24) is 10.9 Å². The molecule has 7 nitrogen and oxygen atoms in total. The highest BCUT2D eigenvalue weighted by Crippen LogP contribution is 2.50. The summed E-state index contributed by atoms with van der Waals surface area (Å²) in [5.74, 6) is 0.830. The molecule has 29 heavy (non-hydrogen) atoms. The zero-order chi connectivity index (χ0) is 20.1. The molecule has 4 unspecified atom stereocenters. The Labute approximate surface area is 176 Å². The van der Waals surface area contributed by atoms with Gasteiger partial charge in [0.25, 0.3) is 0 Å². The number of fused-ring (bicyclic) bond motifs is 2. The van der Waals surface area contributed by atoms with Gasteiger partial charge in [0.05, 0.1) is 21.7 Å². The van der Waals surface area contributed by atoms with E-state index in [0.29, 0.717) is 27.1 Å². The fraction of sp³-hybridized carbons (Fsp3) is 0.250. The van der Waals surface area contributed by atoms with Gasteiger partial charge in [0.1, 0.15) is 6.07 Å². The van der Waals surface area contributed by atoms with Crippen LogP contribution in [0.5, 0.6) is 11.5 Å². The molecule has 9 heteroatoms. The summed E-state index contributed by atoms with van der Waals surface area (Å²) in [5.41, 5.74) is 14.5. The van der Waals surface area contributed by atoms with Gasteiger partial charge in [0.2, 0.25) is 12.7 Å². The summed E-state index contributed by atoms with van der Waals surface area (Å²) in [7, 11) is 0. The summed E-state index contributed by atoms with van der Waals surface area (Å²) in [6.45, 7) is 0.197. The van der Waals surface area contributed by atoms with Crippen LogP contribution in [0.3, 0.4) is 0 Å². The lowest BCUT2D eigenvalue weighted by atomic mass is 9.74. The molecule has 1 saturated heterocycles. The second-order valence-corrected chi connectivity index (χ2v) is 7.79. The smallest absolute Gasteiger partial charge is 0.231 e. The molecule has 0 saturated carbocycles. The van der Waals surface area contributed by atoms with Crippen molar-refractivity contribution in [3.63, 3.8) is 0 Å². The molecule has 2 aromatic rings. The van der Waals surface area contributed by atoms with Crippen LogP contribution >= 0.6 is 23.2 Å². The lowest BCUT2D eigenvalue weighted by Gasteiger charge is -2.36. The first kappa shape index (κ1) is 18.4. The number of allylic oxidation sites excluding steroid dienone is 1. The highest BCUT2D eigenvalue weighted by molar-refractivity contribution is 6.42. The van der Waals surface area contributed by atoms with Crippen molar-refractivity contribution in [2.24, 2.45) is 11.7 Å². The second-order valence-electron chi connectivity index (χ2n) is 7.01. The zero-order valence-corrected chi connectivity index (χ0v) is 16.5. The van der Waals surface area contributed by atoms with Crippen molar-refractivity contribution in [1.29, 1.82) is 5.26 Å². The molecule has 0 aromatic heterocycles. The SMILES string of the molecule is N#CC1=C(N)OC2NNC(c3ccc4c(c3)OCO4)C2C1c1cccc(Cl)c1Cl. The van der Waals surface area contributed by atoms with Crippen LogP contribution in [0, 0.1) is 17.2 Å². The van der Waals surface area contributed by atoms with Gasteiger partial charge in [0, 0.05) is 11.8 Å². The summed E-state index contributed by atoms with van der Waals surface area (Å²) >= 11 is 12.8. The van der Waals surface area contributed by atoms with E-state index in [-0.39, 0.29) is 24.6 Å². The number of hydrogen-bond acceptors (Lipinski definition) is 7. The molecule has 148 valence electrons. The van der Waals surface area contributed by atoms with Crippen LogP contribution in [0.4, 0.5) is 0 Å². The minimum absolute atomic E-state index is 0.0791. The van der Waals surface area contributed by atoms with Crippen molar-refractivity contribution in [2.75, 3.05) is 6.79 Å². The standard InChI is InChI=1S/C20H16Cl2N4O3/c21-12-3-1-2-10(17(12)22)15-11(7-23)19(24)29-20-16(15)18(25-26-20)9-4-5-13-14(6-9)28-8-27-13/h1-6,15-16,18,20,25-26H,8,24H2. The van der Waals surface area contributed by atoms with Gasteiger partial charge in [-0.3, -0.25) is 0 Å². The van der Waals surface area contributed by atoms with Crippen LogP contribution in [-0.2, 0) is 4.74 Å². The highest BCUT2D eigenvalue weighted by atomic mass is 35.5. The van der Waals surface area contributed by atoms with E-state index in [4.69, 9.17) is 43.1 Å². The van der Waals surface area contributed by atoms with Crippen molar-refractivity contribution >= 4 is 23.2 Å². The Morgan fingerprint density at radius 3 is 2.76 bits per heavy atom. The first-order valence-corrected chi connectivity index (χ1v) is 9.75. The van der Waals surface area contributed by atoms with E-state index in [1.165, 1.54) is 0 Å². The average molecular weight is 431 g/mol. The first-order chi connectivity index (χ1) is 14.1. The number of hydrazine groups is 1. The summed E-state index contributed by atoms with van der Waals surface area (Å²) < 4.78 is 16.7. The topological polar surface area (TPSA) is 102 Å². The summed E-state index contributed by atoms with van der Waals surface area (Å²) in [6, 6.07) is 13.1. The predicted octanol–water partition coefficient (Wildman–Crippen LogP) is 3.32. The van der Waals surface area contributed by atoms with Crippen LogP contribution in [0.1, 0.15) is 23.1 Å². The molecule has 5 rings (SSSR count). The summed E-state index contributed by atoms with van der Waals surface area (Å²) in [4.78, 5) is 0. The quantitative estimate of drug-likeness (QED) is 0.671.